The van der Waals surface area contributed by atoms with Crippen LogP contribution < -0.4 is 4.80 Å². The van der Waals surface area contributed by atoms with Crippen LogP contribution in [0.2, 0.25) is 0 Å². The average Bonchev–Trinajstić information content (AvgIpc) is 3.20. The van der Waals surface area contributed by atoms with Crippen LogP contribution in [0.15, 0.2) is 94.4 Å². The van der Waals surface area contributed by atoms with Crippen molar-refractivity contribution in [2.24, 2.45) is 10.2 Å². The summed E-state index contributed by atoms with van der Waals surface area (Å²) in [4.78, 5) is 11.4. The van der Waals surface area contributed by atoms with Gasteiger partial charge in [-0.2, -0.15) is 5.10 Å². The fourth-order valence-electron chi connectivity index (χ4n) is 2.88. The third-order valence-corrected chi connectivity index (χ3v) is 5.11. The number of benzene rings is 3. The van der Waals surface area contributed by atoms with Gasteiger partial charge in [0.1, 0.15) is 5.82 Å². The zero-order valence-electron chi connectivity index (χ0n) is 15.6. The third kappa shape index (κ3) is 4.23. The number of hydrogen-bond acceptors (Lipinski definition) is 5. The Morgan fingerprint density at radius 1 is 1.00 bits per heavy atom. The van der Waals surface area contributed by atoms with E-state index in [0.29, 0.717) is 10.4 Å². The molecule has 0 aliphatic carbocycles. The zero-order chi connectivity index (χ0) is 20.9. The number of rotatable bonds is 5. The van der Waals surface area contributed by atoms with E-state index in [1.54, 1.807) is 24.4 Å². The molecule has 3 aromatic carbocycles. The van der Waals surface area contributed by atoms with Crippen LogP contribution in [-0.2, 0) is 0 Å². The van der Waals surface area contributed by atoms with Gasteiger partial charge in [0.05, 0.1) is 16.8 Å². The minimum Gasteiger partial charge on any atom is -0.284 e. The van der Waals surface area contributed by atoms with Crippen LogP contribution >= 0.6 is 11.3 Å². The molecule has 0 aliphatic rings. The van der Waals surface area contributed by atoms with Gasteiger partial charge in [-0.3, -0.25) is 14.7 Å². The van der Waals surface area contributed by atoms with Gasteiger partial charge in [-0.1, -0.05) is 42.5 Å². The van der Waals surface area contributed by atoms with E-state index < -0.39 is 4.92 Å². The summed E-state index contributed by atoms with van der Waals surface area (Å²) in [5.41, 5.74) is 3.07. The van der Waals surface area contributed by atoms with Crippen LogP contribution in [0.4, 0.5) is 10.1 Å². The first-order valence-electron chi connectivity index (χ1n) is 8.95. The lowest BCUT2D eigenvalue weighted by molar-refractivity contribution is -0.384. The molecule has 0 bridgehead atoms. The summed E-state index contributed by atoms with van der Waals surface area (Å²) < 4.78 is 14.9. The maximum Gasteiger partial charge on any atom is 0.270 e. The van der Waals surface area contributed by atoms with Gasteiger partial charge < -0.3 is 0 Å². The number of thiazole rings is 1. The highest BCUT2D eigenvalue weighted by Gasteiger charge is 2.13. The molecule has 8 heteroatoms. The molecule has 0 N–H and O–H groups in total. The minimum absolute atomic E-state index is 0.0196. The number of nitro benzene ring substituents is 1. The van der Waals surface area contributed by atoms with E-state index in [2.05, 4.69) is 10.2 Å². The highest BCUT2D eigenvalue weighted by Crippen LogP contribution is 2.26. The van der Waals surface area contributed by atoms with Gasteiger partial charge >= 0.3 is 0 Å². The molecule has 30 heavy (non-hydrogen) atoms. The van der Waals surface area contributed by atoms with Crippen LogP contribution in [0.1, 0.15) is 5.56 Å². The van der Waals surface area contributed by atoms with E-state index in [1.807, 2.05) is 46.3 Å². The van der Waals surface area contributed by atoms with Gasteiger partial charge in [-0.15, -0.1) is 16.4 Å². The fraction of sp³-hybridized carbons (Fsp3) is 0. The van der Waals surface area contributed by atoms with Crippen LogP contribution in [0.5, 0.6) is 0 Å². The molecule has 148 valence electrons. The molecule has 0 saturated carbocycles. The zero-order valence-corrected chi connectivity index (χ0v) is 16.4. The number of non-ortho nitro benzene ring substituents is 1. The Hall–Kier alpha value is -3.91. The van der Waals surface area contributed by atoms with Crippen molar-refractivity contribution in [3.8, 4) is 16.9 Å². The second-order valence-electron chi connectivity index (χ2n) is 6.28. The van der Waals surface area contributed by atoms with E-state index in [0.717, 1.165) is 16.9 Å². The highest BCUT2D eigenvalue weighted by molar-refractivity contribution is 7.07. The van der Waals surface area contributed by atoms with Gasteiger partial charge in [0.25, 0.3) is 5.69 Å². The lowest BCUT2D eigenvalue weighted by Crippen LogP contribution is -2.13. The fourth-order valence-corrected chi connectivity index (χ4v) is 3.74. The second-order valence-corrected chi connectivity index (χ2v) is 7.11. The molecule has 0 spiro atoms. The van der Waals surface area contributed by atoms with Gasteiger partial charge in [0.15, 0.2) is 0 Å². The van der Waals surface area contributed by atoms with Crippen LogP contribution in [0, 0.1) is 15.9 Å². The molecule has 4 rings (SSSR count). The Morgan fingerprint density at radius 3 is 2.50 bits per heavy atom. The first-order chi connectivity index (χ1) is 14.6. The van der Waals surface area contributed by atoms with Crippen LogP contribution in [0.3, 0.4) is 0 Å². The Bertz CT molecular complexity index is 1280. The molecule has 1 aromatic heterocycles. The molecular weight excluding hydrogens is 403 g/mol. The summed E-state index contributed by atoms with van der Waals surface area (Å²) >= 11 is 1.37. The Kier molecular flexibility index (Phi) is 5.58. The molecule has 0 saturated heterocycles. The van der Waals surface area contributed by atoms with Crippen molar-refractivity contribution in [1.82, 2.24) is 4.57 Å². The Labute approximate surface area is 175 Å². The van der Waals surface area contributed by atoms with Gasteiger partial charge in [-0.25, -0.2) is 4.39 Å². The van der Waals surface area contributed by atoms with E-state index >= 15 is 0 Å². The molecule has 1 heterocycles. The van der Waals surface area contributed by atoms with Gasteiger partial charge in [0, 0.05) is 28.8 Å². The van der Waals surface area contributed by atoms with E-state index in [1.165, 1.54) is 35.6 Å². The largest absolute Gasteiger partial charge is 0.284 e. The lowest BCUT2D eigenvalue weighted by atomic mass is 10.1. The topological polar surface area (TPSA) is 72.8 Å². The normalized spacial score (nSPS) is 11.8. The number of hydrogen-bond donors (Lipinski definition) is 0. The molecule has 0 fully saturated rings. The number of halogens is 1. The first kappa shape index (κ1) is 19.4. The predicted octanol–water partition coefficient (Wildman–Crippen LogP) is 5.19. The quantitative estimate of drug-likeness (QED) is 0.254. The van der Waals surface area contributed by atoms with Crippen molar-refractivity contribution in [3.05, 3.63) is 111 Å². The van der Waals surface area contributed by atoms with E-state index in [9.17, 15) is 14.5 Å². The molecule has 0 radical (unpaired) electrons. The number of aromatic nitrogens is 1. The molecule has 0 amide bonds. The van der Waals surface area contributed by atoms with E-state index in [-0.39, 0.29) is 11.5 Å². The second kappa shape index (κ2) is 8.62. The van der Waals surface area contributed by atoms with Crippen LogP contribution in [0.25, 0.3) is 16.9 Å². The van der Waals surface area contributed by atoms with E-state index in [4.69, 9.17) is 0 Å². The summed E-state index contributed by atoms with van der Waals surface area (Å²) in [5.74, 6) is -0.314. The summed E-state index contributed by atoms with van der Waals surface area (Å²) in [5, 5.41) is 21.5. The molecule has 0 aliphatic heterocycles. The van der Waals surface area contributed by atoms with Crippen molar-refractivity contribution < 1.29 is 9.31 Å². The first-order valence-corrected chi connectivity index (χ1v) is 9.83. The van der Waals surface area contributed by atoms with Crippen molar-refractivity contribution in [2.75, 3.05) is 0 Å². The van der Waals surface area contributed by atoms with Crippen molar-refractivity contribution in [1.29, 1.82) is 0 Å². The average molecular weight is 418 g/mol. The number of nitro groups is 1. The van der Waals surface area contributed by atoms with Gasteiger partial charge in [-0.05, 0) is 29.8 Å². The monoisotopic (exact) mass is 418 g/mol. The molecular formula is C22H15FN4O2S. The number of para-hydroxylation sites is 1. The summed E-state index contributed by atoms with van der Waals surface area (Å²) in [7, 11) is 0. The van der Waals surface area contributed by atoms with Crippen LogP contribution in [-0.4, -0.2) is 15.7 Å². The predicted molar refractivity (Wildman–Crippen MR) is 115 cm³/mol. The maximum atomic E-state index is 13.0. The minimum atomic E-state index is -0.416. The number of nitrogens with zero attached hydrogens (tertiary/aromatic N) is 4. The standard InChI is InChI=1S/C22H15FN4O2S/c23-18-11-9-16(10-12-18)14-24-25-22-26(19-6-2-1-3-7-19)21(15-30-22)17-5-4-8-20(13-17)27(28)29/h1-15H. The Morgan fingerprint density at radius 2 is 1.77 bits per heavy atom. The summed E-state index contributed by atoms with van der Waals surface area (Å²) in [6.45, 7) is 0. The smallest absolute Gasteiger partial charge is 0.270 e. The van der Waals surface area contributed by atoms with Gasteiger partial charge in [0.2, 0.25) is 4.80 Å². The molecule has 0 atom stereocenters. The van der Waals surface area contributed by atoms with Crippen molar-refractivity contribution in [2.45, 2.75) is 0 Å². The molecule has 6 nitrogen and oxygen atoms in total. The van der Waals surface area contributed by atoms with Crippen molar-refractivity contribution >= 4 is 23.2 Å². The summed E-state index contributed by atoms with van der Waals surface area (Å²) in [6, 6.07) is 22.0. The lowest BCUT2D eigenvalue weighted by Gasteiger charge is -2.08. The molecule has 4 aromatic rings. The van der Waals surface area contributed by atoms with Crippen molar-refractivity contribution in [3.63, 3.8) is 0 Å². The SMILES string of the molecule is O=[N+]([O-])c1cccc(-c2csc(=NN=Cc3ccc(F)cc3)n2-c2ccccc2)c1. The highest BCUT2D eigenvalue weighted by atomic mass is 32.1. The maximum absolute atomic E-state index is 13.0. The molecule has 0 unspecified atom stereocenters. The summed E-state index contributed by atoms with van der Waals surface area (Å²) in [6.07, 6.45) is 1.54. The third-order valence-electron chi connectivity index (χ3n) is 4.30. The Balaban J connectivity index is 1.81.